The van der Waals surface area contributed by atoms with E-state index in [0.29, 0.717) is 25.9 Å². The zero-order valence-corrected chi connectivity index (χ0v) is 10.4. The van der Waals surface area contributed by atoms with Crippen LogP contribution in [0, 0.1) is 0 Å². The Hall–Kier alpha value is -1.67. The second-order valence-corrected chi connectivity index (χ2v) is 4.75. The zero-order chi connectivity index (χ0) is 14.0. The fourth-order valence-corrected chi connectivity index (χ4v) is 2.47. The Balaban J connectivity index is 2.03. The first-order chi connectivity index (χ1) is 9.05. The van der Waals surface area contributed by atoms with Gasteiger partial charge < -0.3 is 25.7 Å². The number of hydrogen-bond donors (Lipinski definition) is 3. The number of aliphatic hydroxyl groups is 1. The number of nitrogens with one attached hydrogen (secondary N) is 1. The fourth-order valence-electron chi connectivity index (χ4n) is 2.47. The number of aliphatic hydroxyl groups excluding tert-OH is 1. The van der Waals surface area contributed by atoms with Crippen molar-refractivity contribution >= 4 is 18.3 Å². The number of rotatable bonds is 4. The lowest BCUT2D eigenvalue weighted by Gasteiger charge is -2.43. The Kier molecular flexibility index (Phi) is 3.72. The van der Waals surface area contributed by atoms with E-state index >= 15 is 0 Å². The second kappa shape index (κ2) is 5.14. The van der Waals surface area contributed by atoms with Crippen molar-refractivity contribution in [1.82, 2.24) is 10.2 Å². The monoisotopic (exact) mass is 271 g/mol. The van der Waals surface area contributed by atoms with E-state index in [2.05, 4.69) is 5.32 Å². The third kappa shape index (κ3) is 2.17. The summed E-state index contributed by atoms with van der Waals surface area (Å²) in [7, 11) is 0. The molecule has 0 radical (unpaired) electrons. The number of carbonyl (C=O) groups is 3. The summed E-state index contributed by atoms with van der Waals surface area (Å²) in [6, 6.07) is 0. The van der Waals surface area contributed by atoms with E-state index in [1.807, 2.05) is 0 Å². The highest BCUT2D eigenvalue weighted by molar-refractivity contribution is 5.96. The standard InChI is InChI=1S/C11H17N3O5/c12-4-8(7(16)5-15)19-10(18)14-3-1-2-11(14)6-13-9(11)17/h5,7-8,16H,1-4,6,12H2,(H,13,17). The van der Waals surface area contributed by atoms with Gasteiger partial charge in [-0.15, -0.1) is 0 Å². The van der Waals surface area contributed by atoms with Gasteiger partial charge in [0.25, 0.3) is 0 Å². The lowest BCUT2D eigenvalue weighted by atomic mass is 9.88. The molecule has 2 aliphatic heterocycles. The molecule has 8 nitrogen and oxygen atoms in total. The largest absolute Gasteiger partial charge is 0.441 e. The van der Waals surface area contributed by atoms with Gasteiger partial charge in [-0.1, -0.05) is 0 Å². The number of ether oxygens (including phenoxy) is 1. The average molecular weight is 271 g/mol. The molecule has 8 heteroatoms. The summed E-state index contributed by atoms with van der Waals surface area (Å²) in [5.74, 6) is -0.192. The van der Waals surface area contributed by atoms with E-state index in [-0.39, 0.29) is 18.7 Å². The van der Waals surface area contributed by atoms with Crippen LogP contribution in [0.15, 0.2) is 0 Å². The SMILES string of the molecule is NCC(OC(=O)N1CCCC12CNC2=O)C(O)C=O. The van der Waals surface area contributed by atoms with Crippen LogP contribution >= 0.6 is 0 Å². The Morgan fingerprint density at radius 3 is 2.89 bits per heavy atom. The van der Waals surface area contributed by atoms with E-state index in [1.165, 1.54) is 4.90 Å². The van der Waals surface area contributed by atoms with Crippen LogP contribution in [0.2, 0.25) is 0 Å². The van der Waals surface area contributed by atoms with Crippen molar-refractivity contribution in [3.8, 4) is 0 Å². The summed E-state index contributed by atoms with van der Waals surface area (Å²) in [4.78, 5) is 35.5. The molecule has 2 saturated heterocycles. The molecule has 2 heterocycles. The first-order valence-corrected chi connectivity index (χ1v) is 6.15. The summed E-state index contributed by atoms with van der Waals surface area (Å²) < 4.78 is 5.02. The van der Waals surface area contributed by atoms with Gasteiger partial charge in [-0.05, 0) is 12.8 Å². The number of amides is 2. The van der Waals surface area contributed by atoms with E-state index in [4.69, 9.17) is 10.5 Å². The zero-order valence-electron chi connectivity index (χ0n) is 10.4. The third-order valence-corrected chi connectivity index (χ3v) is 3.68. The van der Waals surface area contributed by atoms with Crippen LogP contribution in [-0.4, -0.2) is 65.7 Å². The summed E-state index contributed by atoms with van der Waals surface area (Å²) in [5, 5.41) is 11.9. The van der Waals surface area contributed by atoms with Gasteiger partial charge in [0.1, 0.15) is 17.7 Å². The summed E-state index contributed by atoms with van der Waals surface area (Å²) in [6.45, 7) is 0.657. The molecule has 2 amide bonds. The molecule has 3 unspecified atom stereocenters. The minimum atomic E-state index is -1.46. The average Bonchev–Trinajstić information content (AvgIpc) is 2.89. The van der Waals surface area contributed by atoms with Crippen LogP contribution in [0.25, 0.3) is 0 Å². The normalized spacial score (nSPS) is 28.5. The third-order valence-electron chi connectivity index (χ3n) is 3.68. The lowest BCUT2D eigenvalue weighted by molar-refractivity contribution is -0.141. The fraction of sp³-hybridized carbons (Fsp3) is 0.727. The van der Waals surface area contributed by atoms with E-state index in [0.717, 1.165) is 0 Å². The van der Waals surface area contributed by atoms with Crippen LogP contribution in [0.1, 0.15) is 12.8 Å². The molecule has 106 valence electrons. The molecule has 0 bridgehead atoms. The van der Waals surface area contributed by atoms with Crippen LogP contribution in [-0.2, 0) is 14.3 Å². The van der Waals surface area contributed by atoms with Crippen molar-refractivity contribution in [3.05, 3.63) is 0 Å². The van der Waals surface area contributed by atoms with Gasteiger partial charge in [0, 0.05) is 13.1 Å². The lowest BCUT2D eigenvalue weighted by Crippen LogP contribution is -2.71. The van der Waals surface area contributed by atoms with Crippen molar-refractivity contribution in [2.24, 2.45) is 5.73 Å². The van der Waals surface area contributed by atoms with Gasteiger partial charge in [-0.25, -0.2) is 4.79 Å². The Bertz CT molecular complexity index is 402. The Labute approximate surface area is 109 Å². The van der Waals surface area contributed by atoms with Crippen molar-refractivity contribution < 1.29 is 24.2 Å². The van der Waals surface area contributed by atoms with E-state index in [1.54, 1.807) is 0 Å². The minimum absolute atomic E-state index is 0.168. The highest BCUT2D eigenvalue weighted by Crippen LogP contribution is 2.34. The van der Waals surface area contributed by atoms with Crippen LogP contribution in [0.3, 0.4) is 0 Å². The molecule has 0 aliphatic carbocycles. The number of likely N-dealkylation sites (tertiary alicyclic amines) is 1. The molecule has 4 N–H and O–H groups in total. The first kappa shape index (κ1) is 13.8. The van der Waals surface area contributed by atoms with Crippen molar-refractivity contribution in [3.63, 3.8) is 0 Å². The first-order valence-electron chi connectivity index (χ1n) is 6.15. The highest BCUT2D eigenvalue weighted by atomic mass is 16.6. The molecular weight excluding hydrogens is 254 g/mol. The number of hydrogen-bond acceptors (Lipinski definition) is 6. The number of nitrogens with zero attached hydrogens (tertiary/aromatic N) is 1. The van der Waals surface area contributed by atoms with Crippen LogP contribution in [0.5, 0.6) is 0 Å². The molecule has 1 spiro atoms. The molecule has 0 aromatic carbocycles. The summed E-state index contributed by atoms with van der Waals surface area (Å²) in [6.07, 6.45) is -1.69. The van der Waals surface area contributed by atoms with Gasteiger partial charge in [0.15, 0.2) is 6.29 Å². The smallest absolute Gasteiger partial charge is 0.411 e. The molecule has 2 rings (SSSR count). The molecule has 0 saturated carbocycles. The summed E-state index contributed by atoms with van der Waals surface area (Å²) >= 11 is 0. The summed E-state index contributed by atoms with van der Waals surface area (Å²) in [5.41, 5.74) is 4.53. The quantitative estimate of drug-likeness (QED) is 0.400. The van der Waals surface area contributed by atoms with Crippen molar-refractivity contribution in [1.29, 1.82) is 0 Å². The van der Waals surface area contributed by atoms with E-state index < -0.39 is 23.8 Å². The molecule has 19 heavy (non-hydrogen) atoms. The minimum Gasteiger partial charge on any atom is -0.441 e. The maximum atomic E-state index is 12.0. The second-order valence-electron chi connectivity index (χ2n) is 4.75. The predicted octanol–water partition coefficient (Wildman–Crippen LogP) is -2.03. The van der Waals surface area contributed by atoms with Crippen molar-refractivity contribution in [2.75, 3.05) is 19.6 Å². The molecular formula is C11H17N3O5. The van der Waals surface area contributed by atoms with Crippen LogP contribution < -0.4 is 11.1 Å². The Morgan fingerprint density at radius 2 is 2.42 bits per heavy atom. The molecule has 0 aromatic rings. The number of nitrogens with two attached hydrogens (primary N) is 1. The van der Waals surface area contributed by atoms with Gasteiger partial charge in [-0.2, -0.15) is 0 Å². The van der Waals surface area contributed by atoms with Crippen molar-refractivity contribution in [2.45, 2.75) is 30.6 Å². The van der Waals surface area contributed by atoms with E-state index in [9.17, 15) is 19.5 Å². The molecule has 3 atom stereocenters. The van der Waals surface area contributed by atoms with Gasteiger partial charge >= 0.3 is 6.09 Å². The molecule has 2 fully saturated rings. The predicted molar refractivity (Wildman–Crippen MR) is 63.1 cm³/mol. The number of carbonyl (C=O) groups excluding carboxylic acids is 3. The van der Waals surface area contributed by atoms with Gasteiger partial charge in [0.05, 0.1) is 6.54 Å². The Morgan fingerprint density at radius 1 is 1.68 bits per heavy atom. The van der Waals surface area contributed by atoms with Crippen LogP contribution in [0.4, 0.5) is 4.79 Å². The molecule has 0 aromatic heterocycles. The maximum Gasteiger partial charge on any atom is 0.411 e. The molecule has 2 aliphatic rings. The van der Waals surface area contributed by atoms with Gasteiger partial charge in [-0.3, -0.25) is 9.69 Å². The number of aldehydes is 1. The van der Waals surface area contributed by atoms with Gasteiger partial charge in [0.2, 0.25) is 5.91 Å². The topological polar surface area (TPSA) is 122 Å². The highest BCUT2D eigenvalue weighted by Gasteiger charge is 2.56. The maximum absolute atomic E-state index is 12.0. The number of β-lactam (4-membered cyclic amide) rings is 1.